The predicted octanol–water partition coefficient (Wildman–Crippen LogP) is 3.45. The first-order valence-electron chi connectivity index (χ1n) is 11.7. The van der Waals surface area contributed by atoms with E-state index in [2.05, 4.69) is 25.5 Å². The Kier molecular flexibility index (Phi) is 6.68. The van der Waals surface area contributed by atoms with Gasteiger partial charge in [0.05, 0.1) is 4.90 Å². The number of hydrogen-bond acceptors (Lipinski definition) is 6. The van der Waals surface area contributed by atoms with E-state index >= 15 is 0 Å². The number of aromatic hydroxyl groups is 1. The number of phenolic OH excluding ortho intramolecular Hbond substituents is 1. The lowest BCUT2D eigenvalue weighted by atomic mass is 9.65. The van der Waals surface area contributed by atoms with E-state index in [9.17, 15) is 23.1 Å². The third kappa shape index (κ3) is 5.67. The fraction of sp³-hybridized carbons (Fsp3) is 0.462. The number of nitrogens with zero attached hydrogens (tertiary/aromatic N) is 1. The number of esters is 1. The minimum absolute atomic E-state index is 0.0554. The van der Waals surface area contributed by atoms with Crippen molar-refractivity contribution >= 4 is 21.9 Å². The molecule has 2 aliphatic rings. The smallest absolute Gasteiger partial charge is 0.342 e. The number of amides is 1. The average Bonchev–Trinajstić information content (AvgIpc) is 3.05. The zero-order valence-corrected chi connectivity index (χ0v) is 21.1. The Morgan fingerprint density at radius 1 is 1.11 bits per heavy atom. The van der Waals surface area contributed by atoms with E-state index in [4.69, 9.17) is 4.74 Å². The Labute approximate surface area is 206 Å². The van der Waals surface area contributed by atoms with Crippen molar-refractivity contribution in [2.24, 2.45) is 10.8 Å². The van der Waals surface area contributed by atoms with E-state index < -0.39 is 28.3 Å². The number of benzene rings is 2. The third-order valence-corrected chi connectivity index (χ3v) is 8.27. The molecule has 2 aromatic carbocycles. The molecule has 1 amide bonds. The highest BCUT2D eigenvalue weighted by molar-refractivity contribution is 7.89. The van der Waals surface area contributed by atoms with E-state index in [1.54, 1.807) is 29.2 Å². The van der Waals surface area contributed by atoms with Gasteiger partial charge in [0.15, 0.2) is 6.61 Å². The highest BCUT2D eigenvalue weighted by atomic mass is 32.2. The summed E-state index contributed by atoms with van der Waals surface area (Å²) in [6, 6.07) is 12.5. The maximum absolute atomic E-state index is 12.9. The minimum Gasteiger partial charge on any atom is -0.507 e. The lowest BCUT2D eigenvalue weighted by molar-refractivity contribution is -0.135. The number of rotatable bonds is 7. The lowest BCUT2D eigenvalue weighted by Gasteiger charge is -2.39. The molecule has 2 N–H and O–H groups in total. The van der Waals surface area contributed by atoms with Crippen LogP contribution in [0.1, 0.15) is 56.0 Å². The van der Waals surface area contributed by atoms with Gasteiger partial charge in [0.2, 0.25) is 10.0 Å². The molecule has 1 aliphatic carbocycles. The second kappa shape index (κ2) is 9.28. The molecule has 1 saturated heterocycles. The number of fused-ring (bicyclic) bond motifs is 2. The van der Waals surface area contributed by atoms with Crippen LogP contribution in [0.5, 0.6) is 5.75 Å². The van der Waals surface area contributed by atoms with Gasteiger partial charge in [0.25, 0.3) is 5.91 Å². The zero-order valence-electron chi connectivity index (χ0n) is 20.3. The molecule has 35 heavy (non-hydrogen) atoms. The number of nitrogens with one attached hydrogen (secondary N) is 1. The van der Waals surface area contributed by atoms with Crippen molar-refractivity contribution in [2.45, 2.75) is 57.5 Å². The second-order valence-electron chi connectivity index (χ2n) is 10.8. The van der Waals surface area contributed by atoms with E-state index in [0.29, 0.717) is 6.54 Å². The molecule has 2 fully saturated rings. The molecule has 1 aliphatic heterocycles. The van der Waals surface area contributed by atoms with Gasteiger partial charge in [0, 0.05) is 19.1 Å². The number of sulfonamides is 1. The molecular formula is C26H32N2O6S. The molecule has 8 nitrogen and oxygen atoms in total. The van der Waals surface area contributed by atoms with Crippen molar-refractivity contribution in [1.82, 2.24) is 9.62 Å². The number of carbonyl (C=O) groups is 2. The summed E-state index contributed by atoms with van der Waals surface area (Å²) in [4.78, 5) is 27.2. The molecular weight excluding hydrogens is 468 g/mol. The van der Waals surface area contributed by atoms with E-state index in [0.717, 1.165) is 37.0 Å². The zero-order chi connectivity index (χ0) is 25.4. The first-order valence-corrected chi connectivity index (χ1v) is 13.2. The van der Waals surface area contributed by atoms with E-state index in [-0.39, 0.29) is 39.8 Å². The first kappa shape index (κ1) is 25.2. The number of hydrogen-bond donors (Lipinski definition) is 2. The van der Waals surface area contributed by atoms with Gasteiger partial charge in [-0.15, -0.1) is 0 Å². The molecule has 2 unspecified atom stereocenters. The fourth-order valence-electron chi connectivity index (χ4n) is 5.74. The molecule has 0 aromatic heterocycles. The van der Waals surface area contributed by atoms with Crippen molar-refractivity contribution in [3.63, 3.8) is 0 Å². The van der Waals surface area contributed by atoms with Crippen molar-refractivity contribution in [1.29, 1.82) is 0 Å². The van der Waals surface area contributed by atoms with Crippen molar-refractivity contribution in [3.8, 4) is 5.75 Å². The molecule has 2 atom stereocenters. The van der Waals surface area contributed by atoms with Crippen molar-refractivity contribution in [2.75, 3.05) is 13.2 Å². The summed E-state index contributed by atoms with van der Waals surface area (Å²) in [5, 5.41) is 10.2. The van der Waals surface area contributed by atoms with Gasteiger partial charge in [0.1, 0.15) is 11.3 Å². The van der Waals surface area contributed by atoms with Crippen LogP contribution in [0.15, 0.2) is 53.4 Å². The van der Waals surface area contributed by atoms with Gasteiger partial charge in [-0.3, -0.25) is 4.79 Å². The summed E-state index contributed by atoms with van der Waals surface area (Å²) < 4.78 is 33.1. The highest BCUT2D eigenvalue weighted by Crippen LogP contribution is 2.52. The topological polar surface area (TPSA) is 113 Å². The van der Waals surface area contributed by atoms with Crippen LogP contribution in [-0.2, 0) is 26.1 Å². The largest absolute Gasteiger partial charge is 0.507 e. The Balaban J connectivity index is 1.41. The Morgan fingerprint density at radius 2 is 1.83 bits per heavy atom. The highest BCUT2D eigenvalue weighted by Gasteiger charge is 2.51. The van der Waals surface area contributed by atoms with Crippen LogP contribution in [-0.4, -0.2) is 49.5 Å². The molecule has 0 spiro atoms. The minimum atomic E-state index is -3.95. The molecule has 4 rings (SSSR count). The SMILES string of the molecule is CC1(C)CC2CC(C)(CN2C(=O)COC(=O)c2cc(S(=O)(=O)NCc3ccccc3)ccc2O)C1. The second-order valence-corrected chi connectivity index (χ2v) is 12.6. The summed E-state index contributed by atoms with van der Waals surface area (Å²) in [5.41, 5.74) is 0.667. The number of ether oxygens (including phenoxy) is 1. The third-order valence-electron chi connectivity index (χ3n) is 6.87. The van der Waals surface area contributed by atoms with Crippen LogP contribution in [0, 0.1) is 10.8 Å². The standard InChI is InChI=1S/C26H32N2O6S/c1-25(2)12-19-13-26(3,16-25)17-28(19)23(30)15-34-24(31)21-11-20(9-10-22(21)29)35(32,33)27-14-18-7-5-4-6-8-18/h4-11,19,27,29H,12-17H2,1-3H3. The quantitative estimate of drug-likeness (QED) is 0.563. The van der Waals surface area contributed by atoms with Crippen LogP contribution in [0.25, 0.3) is 0 Å². The molecule has 188 valence electrons. The molecule has 1 heterocycles. The summed E-state index contributed by atoms with van der Waals surface area (Å²) in [5.74, 6) is -1.65. The van der Waals surface area contributed by atoms with E-state index in [1.165, 1.54) is 6.07 Å². The monoisotopic (exact) mass is 500 g/mol. The van der Waals surface area contributed by atoms with Crippen molar-refractivity contribution in [3.05, 3.63) is 59.7 Å². The van der Waals surface area contributed by atoms with Crippen LogP contribution in [0.3, 0.4) is 0 Å². The lowest BCUT2D eigenvalue weighted by Crippen LogP contribution is -2.39. The number of carbonyl (C=O) groups excluding carboxylic acids is 2. The van der Waals surface area contributed by atoms with Gasteiger partial charge >= 0.3 is 5.97 Å². The average molecular weight is 501 g/mol. The van der Waals surface area contributed by atoms with Crippen LogP contribution < -0.4 is 4.72 Å². The Bertz CT molecular complexity index is 1230. The molecule has 2 aromatic rings. The van der Waals surface area contributed by atoms with Gasteiger partial charge < -0.3 is 14.7 Å². The van der Waals surface area contributed by atoms with Gasteiger partial charge in [-0.1, -0.05) is 51.1 Å². The number of phenols is 1. The fourth-order valence-corrected chi connectivity index (χ4v) is 6.79. The normalized spacial score (nSPS) is 23.2. The summed E-state index contributed by atoms with van der Waals surface area (Å²) in [6.07, 6.45) is 2.87. The van der Waals surface area contributed by atoms with Crippen LogP contribution in [0.2, 0.25) is 0 Å². The predicted molar refractivity (Wildman–Crippen MR) is 130 cm³/mol. The van der Waals surface area contributed by atoms with Crippen molar-refractivity contribution < 1.29 is 27.9 Å². The molecule has 9 heteroatoms. The maximum Gasteiger partial charge on any atom is 0.342 e. The van der Waals surface area contributed by atoms with E-state index in [1.807, 2.05) is 6.07 Å². The van der Waals surface area contributed by atoms with Gasteiger partial charge in [-0.25, -0.2) is 17.9 Å². The molecule has 2 bridgehead atoms. The maximum atomic E-state index is 12.9. The first-order chi connectivity index (χ1) is 16.4. The molecule has 1 saturated carbocycles. The Hall–Kier alpha value is -2.91. The van der Waals surface area contributed by atoms with Crippen LogP contribution in [0.4, 0.5) is 0 Å². The summed E-state index contributed by atoms with van der Waals surface area (Å²) in [7, 11) is -3.95. The molecule has 0 radical (unpaired) electrons. The van der Waals surface area contributed by atoms with Gasteiger partial charge in [-0.2, -0.15) is 0 Å². The number of likely N-dealkylation sites (tertiary alicyclic amines) is 1. The Morgan fingerprint density at radius 3 is 2.54 bits per heavy atom. The van der Waals surface area contributed by atoms with Crippen LogP contribution >= 0.6 is 0 Å². The summed E-state index contributed by atoms with van der Waals surface area (Å²) >= 11 is 0. The van der Waals surface area contributed by atoms with Gasteiger partial charge in [-0.05, 0) is 53.9 Å². The summed E-state index contributed by atoms with van der Waals surface area (Å²) in [6.45, 7) is 6.85.